The Hall–Kier alpha value is -1.66. The maximum Gasteiger partial charge on any atom is 0.327 e. The van der Waals surface area contributed by atoms with Gasteiger partial charge in [0, 0.05) is 28.5 Å². The van der Waals surface area contributed by atoms with E-state index in [1.54, 1.807) is 12.3 Å². The summed E-state index contributed by atoms with van der Waals surface area (Å²) in [6.45, 7) is 1.45. The smallest absolute Gasteiger partial charge is 0.327 e. The molecule has 1 aromatic carbocycles. The van der Waals surface area contributed by atoms with E-state index < -0.39 is 12.0 Å². The molecule has 1 aromatic heterocycles. The number of hydrogen-bond acceptors (Lipinski definition) is 4. The Kier molecular flexibility index (Phi) is 3.73. The number of hydrogen-bond donors (Lipinski definition) is 1. The summed E-state index contributed by atoms with van der Waals surface area (Å²) in [6.07, 6.45) is 1.58. The van der Waals surface area contributed by atoms with E-state index in [0.717, 1.165) is 9.86 Å². The van der Waals surface area contributed by atoms with E-state index in [-0.39, 0.29) is 5.91 Å². The zero-order chi connectivity index (χ0) is 14.2. The molecule has 2 aromatic rings. The van der Waals surface area contributed by atoms with Gasteiger partial charge in [-0.15, -0.1) is 0 Å². The number of aromatic nitrogens is 1. The van der Waals surface area contributed by atoms with Gasteiger partial charge in [-0.2, -0.15) is 0 Å². The molecule has 0 aliphatic carbocycles. The van der Waals surface area contributed by atoms with E-state index in [2.05, 4.69) is 20.7 Å². The standard InChI is InChI=1S/C13H13BrN2O3/c1-7(17)16-6-8(12(15)13(18)19-2)11-9(14)4-3-5-10(11)16/h3-6,12H,15H2,1-2H3. The van der Waals surface area contributed by atoms with Crippen molar-refractivity contribution in [3.8, 4) is 0 Å². The number of methoxy groups -OCH3 is 1. The van der Waals surface area contributed by atoms with Crippen LogP contribution in [0.2, 0.25) is 0 Å². The predicted molar refractivity (Wildman–Crippen MR) is 74.9 cm³/mol. The Morgan fingerprint density at radius 3 is 2.68 bits per heavy atom. The van der Waals surface area contributed by atoms with Crippen LogP contribution in [0.4, 0.5) is 0 Å². The third kappa shape index (κ3) is 2.29. The van der Waals surface area contributed by atoms with Crippen LogP contribution in [-0.4, -0.2) is 23.6 Å². The van der Waals surface area contributed by atoms with Crippen molar-refractivity contribution in [2.24, 2.45) is 5.73 Å². The van der Waals surface area contributed by atoms with Crippen molar-refractivity contribution in [3.63, 3.8) is 0 Å². The fraction of sp³-hybridized carbons (Fsp3) is 0.231. The first-order chi connectivity index (χ1) is 8.97. The van der Waals surface area contributed by atoms with Gasteiger partial charge >= 0.3 is 5.97 Å². The number of carbonyl (C=O) groups is 2. The lowest BCUT2D eigenvalue weighted by Gasteiger charge is -2.08. The van der Waals surface area contributed by atoms with Gasteiger partial charge in [0.05, 0.1) is 12.6 Å². The molecule has 0 aliphatic rings. The van der Waals surface area contributed by atoms with Crippen LogP contribution in [0.1, 0.15) is 23.3 Å². The second-order valence-electron chi connectivity index (χ2n) is 4.11. The van der Waals surface area contributed by atoms with E-state index in [9.17, 15) is 9.59 Å². The van der Waals surface area contributed by atoms with Crippen molar-refractivity contribution < 1.29 is 14.3 Å². The number of nitrogens with two attached hydrogens (primary N) is 1. The highest BCUT2D eigenvalue weighted by Gasteiger charge is 2.23. The molecule has 19 heavy (non-hydrogen) atoms. The lowest BCUT2D eigenvalue weighted by molar-refractivity contribution is -0.142. The largest absolute Gasteiger partial charge is 0.468 e. The van der Waals surface area contributed by atoms with Crippen molar-refractivity contribution in [3.05, 3.63) is 34.4 Å². The Labute approximate surface area is 118 Å². The summed E-state index contributed by atoms with van der Waals surface area (Å²) in [5.41, 5.74) is 7.14. The van der Waals surface area contributed by atoms with Crippen LogP contribution in [0.5, 0.6) is 0 Å². The van der Waals surface area contributed by atoms with Gasteiger partial charge in [-0.1, -0.05) is 22.0 Å². The first-order valence-corrected chi connectivity index (χ1v) is 6.40. The van der Waals surface area contributed by atoms with Gasteiger partial charge in [0.1, 0.15) is 6.04 Å². The summed E-state index contributed by atoms with van der Waals surface area (Å²) in [6, 6.07) is 4.53. The molecule has 1 atom stereocenters. The van der Waals surface area contributed by atoms with Gasteiger partial charge in [-0.05, 0) is 12.1 Å². The van der Waals surface area contributed by atoms with E-state index >= 15 is 0 Å². The summed E-state index contributed by atoms with van der Waals surface area (Å²) in [5.74, 6) is -0.690. The first kappa shape index (κ1) is 13.8. The number of rotatable bonds is 2. The second-order valence-corrected chi connectivity index (χ2v) is 4.96. The van der Waals surface area contributed by atoms with Crippen molar-refractivity contribution in [1.29, 1.82) is 0 Å². The first-order valence-electron chi connectivity index (χ1n) is 5.61. The quantitative estimate of drug-likeness (QED) is 0.860. The lowest BCUT2D eigenvalue weighted by atomic mass is 10.1. The Balaban J connectivity index is 2.74. The molecule has 0 aliphatic heterocycles. The Bertz CT molecular complexity index is 663. The predicted octanol–water partition coefficient (Wildman–Crippen LogP) is 2.24. The third-order valence-corrected chi connectivity index (χ3v) is 3.60. The molecule has 0 radical (unpaired) electrons. The van der Waals surface area contributed by atoms with Crippen molar-refractivity contribution in [2.45, 2.75) is 13.0 Å². The lowest BCUT2D eigenvalue weighted by Crippen LogP contribution is -2.22. The van der Waals surface area contributed by atoms with Crippen LogP contribution in [0.15, 0.2) is 28.9 Å². The molecule has 0 saturated heterocycles. The fourth-order valence-electron chi connectivity index (χ4n) is 2.02. The molecule has 2 rings (SSSR count). The van der Waals surface area contributed by atoms with Crippen LogP contribution in [-0.2, 0) is 9.53 Å². The normalized spacial score (nSPS) is 12.4. The number of carbonyl (C=O) groups excluding carboxylic acids is 2. The minimum Gasteiger partial charge on any atom is -0.468 e. The molecule has 0 bridgehead atoms. The summed E-state index contributed by atoms with van der Waals surface area (Å²) in [7, 11) is 1.28. The van der Waals surface area contributed by atoms with Gasteiger partial charge in [-0.3, -0.25) is 14.2 Å². The molecule has 0 spiro atoms. The molecular formula is C13H13BrN2O3. The number of nitrogens with zero attached hydrogens (tertiary/aromatic N) is 1. The molecule has 0 fully saturated rings. The molecule has 2 N–H and O–H groups in total. The van der Waals surface area contributed by atoms with Crippen LogP contribution in [0.3, 0.4) is 0 Å². The number of halogens is 1. The minimum atomic E-state index is -0.924. The van der Waals surface area contributed by atoms with Gasteiger partial charge in [0.2, 0.25) is 5.91 Å². The van der Waals surface area contributed by atoms with Crippen LogP contribution < -0.4 is 5.73 Å². The maximum atomic E-state index is 11.6. The summed E-state index contributed by atoms with van der Waals surface area (Å²) >= 11 is 3.42. The molecule has 0 saturated carbocycles. The SMILES string of the molecule is COC(=O)C(N)c1cn(C(C)=O)c2cccc(Br)c12. The molecule has 0 amide bonds. The van der Waals surface area contributed by atoms with E-state index in [1.165, 1.54) is 18.6 Å². The molecular weight excluding hydrogens is 312 g/mol. The molecule has 6 heteroatoms. The molecule has 5 nitrogen and oxygen atoms in total. The summed E-state index contributed by atoms with van der Waals surface area (Å²) in [5, 5.41) is 0.746. The van der Waals surface area contributed by atoms with E-state index in [1.807, 2.05) is 12.1 Å². The Morgan fingerprint density at radius 1 is 1.42 bits per heavy atom. The highest BCUT2D eigenvalue weighted by molar-refractivity contribution is 9.10. The third-order valence-electron chi connectivity index (χ3n) is 2.94. The zero-order valence-electron chi connectivity index (χ0n) is 10.5. The van der Waals surface area contributed by atoms with E-state index in [4.69, 9.17) is 5.73 Å². The van der Waals surface area contributed by atoms with Crippen molar-refractivity contribution >= 4 is 38.7 Å². The van der Waals surface area contributed by atoms with Crippen molar-refractivity contribution in [1.82, 2.24) is 4.57 Å². The van der Waals surface area contributed by atoms with Crippen LogP contribution in [0.25, 0.3) is 10.9 Å². The number of esters is 1. The van der Waals surface area contributed by atoms with Crippen LogP contribution in [0, 0.1) is 0 Å². The minimum absolute atomic E-state index is 0.147. The van der Waals surface area contributed by atoms with Crippen LogP contribution >= 0.6 is 15.9 Å². The van der Waals surface area contributed by atoms with Gasteiger partial charge in [-0.25, -0.2) is 0 Å². The average molecular weight is 325 g/mol. The fourth-order valence-corrected chi connectivity index (χ4v) is 2.61. The number of fused-ring (bicyclic) bond motifs is 1. The molecule has 1 heterocycles. The van der Waals surface area contributed by atoms with Crippen molar-refractivity contribution in [2.75, 3.05) is 7.11 Å². The van der Waals surface area contributed by atoms with E-state index in [0.29, 0.717) is 11.1 Å². The number of benzene rings is 1. The topological polar surface area (TPSA) is 74.3 Å². The Morgan fingerprint density at radius 2 is 2.11 bits per heavy atom. The second kappa shape index (κ2) is 5.14. The highest BCUT2D eigenvalue weighted by Crippen LogP contribution is 2.32. The number of ether oxygens (including phenoxy) is 1. The van der Waals surface area contributed by atoms with Gasteiger partial charge < -0.3 is 10.5 Å². The van der Waals surface area contributed by atoms with Gasteiger partial charge in [0.15, 0.2) is 0 Å². The summed E-state index contributed by atoms with van der Waals surface area (Å²) < 4.78 is 6.90. The molecule has 100 valence electrons. The monoisotopic (exact) mass is 324 g/mol. The molecule has 1 unspecified atom stereocenters. The maximum absolute atomic E-state index is 11.6. The highest BCUT2D eigenvalue weighted by atomic mass is 79.9. The zero-order valence-corrected chi connectivity index (χ0v) is 12.1. The van der Waals surface area contributed by atoms with Gasteiger partial charge in [0.25, 0.3) is 0 Å². The average Bonchev–Trinajstić information content (AvgIpc) is 2.78. The summed E-state index contributed by atoms with van der Waals surface area (Å²) in [4.78, 5) is 23.2.